The molecule has 0 aliphatic carbocycles. The number of carbonyl (C=O) groups is 1. The molecule has 100 valence electrons. The van der Waals surface area contributed by atoms with Crippen LogP contribution < -0.4 is 16.6 Å². The van der Waals surface area contributed by atoms with Crippen molar-refractivity contribution in [3.8, 4) is 11.8 Å². The maximum Gasteiger partial charge on any atom is 0.258 e. The van der Waals surface area contributed by atoms with Gasteiger partial charge in [0, 0.05) is 12.3 Å². The molecule has 0 spiro atoms. The topological polar surface area (TPSA) is 101 Å². The highest BCUT2D eigenvalue weighted by Gasteiger charge is 2.06. The smallest absolute Gasteiger partial charge is 0.258 e. The molecule has 0 saturated heterocycles. The van der Waals surface area contributed by atoms with Crippen LogP contribution >= 0.6 is 0 Å². The minimum Gasteiger partial charge on any atom is -0.328 e. The molecule has 0 aliphatic heterocycles. The molecule has 0 unspecified atom stereocenters. The summed E-state index contributed by atoms with van der Waals surface area (Å²) in [4.78, 5) is 29.4. The van der Waals surface area contributed by atoms with Crippen LogP contribution in [-0.4, -0.2) is 22.4 Å². The highest BCUT2D eigenvalue weighted by Crippen LogP contribution is 2.06. The van der Waals surface area contributed by atoms with Gasteiger partial charge in [0.25, 0.3) is 5.91 Å². The largest absolute Gasteiger partial charge is 0.328 e. The third-order valence-corrected chi connectivity index (χ3v) is 2.36. The van der Waals surface area contributed by atoms with E-state index in [-0.39, 0.29) is 18.0 Å². The van der Waals surface area contributed by atoms with Crippen LogP contribution in [-0.2, 0) is 0 Å². The molecule has 2 aromatic rings. The van der Waals surface area contributed by atoms with Crippen LogP contribution in [0.25, 0.3) is 0 Å². The van der Waals surface area contributed by atoms with Crippen LogP contribution in [0.2, 0.25) is 0 Å². The van der Waals surface area contributed by atoms with E-state index in [4.69, 9.17) is 5.73 Å². The summed E-state index contributed by atoms with van der Waals surface area (Å²) in [6, 6.07) is 7.82. The van der Waals surface area contributed by atoms with E-state index in [0.29, 0.717) is 17.1 Å². The molecule has 0 saturated carbocycles. The zero-order chi connectivity index (χ0) is 14.4. The lowest BCUT2D eigenvalue weighted by atomic mass is 10.2. The summed E-state index contributed by atoms with van der Waals surface area (Å²) in [6.07, 6.45) is 1.34. The number of nitrogens with one attached hydrogen (secondary N) is 2. The third kappa shape index (κ3) is 3.54. The second kappa shape index (κ2) is 6.31. The second-order valence-corrected chi connectivity index (χ2v) is 3.81. The highest BCUT2D eigenvalue weighted by atomic mass is 16.2. The highest BCUT2D eigenvalue weighted by molar-refractivity contribution is 6.03. The summed E-state index contributed by atoms with van der Waals surface area (Å²) in [7, 11) is 0. The Kier molecular flexibility index (Phi) is 4.27. The number of hydrogen-bond donors (Lipinski definition) is 3. The predicted octanol–water partition coefficient (Wildman–Crippen LogP) is 0.332. The molecule has 0 bridgehead atoms. The monoisotopic (exact) mass is 268 g/mol. The molecule has 20 heavy (non-hydrogen) atoms. The summed E-state index contributed by atoms with van der Waals surface area (Å²) < 4.78 is 0. The van der Waals surface area contributed by atoms with Crippen molar-refractivity contribution in [1.29, 1.82) is 0 Å². The maximum absolute atomic E-state index is 11.9. The van der Waals surface area contributed by atoms with Gasteiger partial charge in [0.2, 0.25) is 5.56 Å². The van der Waals surface area contributed by atoms with Crippen molar-refractivity contribution < 1.29 is 4.79 Å². The Morgan fingerprint density at radius 2 is 2.20 bits per heavy atom. The molecular weight excluding hydrogens is 256 g/mol. The van der Waals surface area contributed by atoms with Crippen molar-refractivity contribution in [2.45, 2.75) is 0 Å². The van der Waals surface area contributed by atoms with E-state index < -0.39 is 0 Å². The molecule has 0 radical (unpaired) electrons. The minimum atomic E-state index is -0.363. The van der Waals surface area contributed by atoms with Crippen molar-refractivity contribution >= 4 is 11.7 Å². The van der Waals surface area contributed by atoms with Gasteiger partial charge in [-0.05, 0) is 24.1 Å². The average Bonchev–Trinajstić information content (AvgIpc) is 2.46. The normalized spacial score (nSPS) is 9.45. The summed E-state index contributed by atoms with van der Waals surface area (Å²) in [6.45, 7) is 0.246. The van der Waals surface area contributed by atoms with Gasteiger partial charge in [-0.2, -0.15) is 0 Å². The molecule has 2 rings (SSSR count). The molecule has 0 aromatic carbocycles. The van der Waals surface area contributed by atoms with Crippen molar-refractivity contribution in [2.75, 3.05) is 11.9 Å². The van der Waals surface area contributed by atoms with Gasteiger partial charge >= 0.3 is 0 Å². The van der Waals surface area contributed by atoms with Gasteiger partial charge in [-0.15, -0.1) is 0 Å². The molecule has 6 nitrogen and oxygen atoms in total. The second-order valence-electron chi connectivity index (χ2n) is 3.81. The number of hydrogen-bond acceptors (Lipinski definition) is 4. The molecule has 0 atom stereocenters. The minimum absolute atomic E-state index is 0.246. The molecule has 0 aliphatic rings. The van der Waals surface area contributed by atoms with E-state index >= 15 is 0 Å². The number of aromatic nitrogens is 2. The lowest BCUT2D eigenvalue weighted by Gasteiger charge is -2.04. The fraction of sp³-hybridized carbons (Fsp3) is 0.0714. The number of nitrogens with zero attached hydrogens (tertiary/aromatic N) is 1. The van der Waals surface area contributed by atoms with E-state index in [0.717, 1.165) is 0 Å². The predicted molar refractivity (Wildman–Crippen MR) is 75.2 cm³/mol. The van der Waals surface area contributed by atoms with Gasteiger partial charge in [0.05, 0.1) is 12.1 Å². The SMILES string of the molecule is NCC#Cc1cccc(NC(=O)c2ccc(=O)[nH]c2)n1. The van der Waals surface area contributed by atoms with Crippen molar-refractivity contribution in [3.05, 3.63) is 58.1 Å². The Morgan fingerprint density at radius 1 is 1.35 bits per heavy atom. The van der Waals surface area contributed by atoms with Crippen LogP contribution in [0.3, 0.4) is 0 Å². The third-order valence-electron chi connectivity index (χ3n) is 2.36. The first-order chi connectivity index (χ1) is 9.69. The number of amides is 1. The fourth-order valence-corrected chi connectivity index (χ4v) is 1.46. The van der Waals surface area contributed by atoms with Crippen molar-refractivity contribution in [1.82, 2.24) is 9.97 Å². The first kappa shape index (κ1) is 13.5. The molecule has 2 heterocycles. The van der Waals surface area contributed by atoms with E-state index in [1.807, 2.05) is 0 Å². The van der Waals surface area contributed by atoms with Gasteiger partial charge in [-0.1, -0.05) is 12.0 Å². The van der Waals surface area contributed by atoms with E-state index in [9.17, 15) is 9.59 Å². The fourth-order valence-electron chi connectivity index (χ4n) is 1.46. The molecular formula is C14H12N4O2. The average molecular weight is 268 g/mol. The van der Waals surface area contributed by atoms with Crippen LogP contribution in [0, 0.1) is 11.8 Å². The number of nitrogens with two attached hydrogens (primary N) is 1. The van der Waals surface area contributed by atoms with Crippen LogP contribution in [0.4, 0.5) is 5.82 Å². The van der Waals surface area contributed by atoms with Gasteiger partial charge in [0.15, 0.2) is 0 Å². The number of carbonyl (C=O) groups excluding carboxylic acids is 1. The van der Waals surface area contributed by atoms with Crippen molar-refractivity contribution in [2.24, 2.45) is 5.73 Å². The molecule has 6 heteroatoms. The van der Waals surface area contributed by atoms with Gasteiger partial charge in [0.1, 0.15) is 11.5 Å². The van der Waals surface area contributed by atoms with Crippen LogP contribution in [0.15, 0.2) is 41.3 Å². The van der Waals surface area contributed by atoms with Crippen molar-refractivity contribution in [3.63, 3.8) is 0 Å². The number of H-pyrrole nitrogens is 1. The summed E-state index contributed by atoms with van der Waals surface area (Å²) in [5, 5.41) is 2.62. The Hall–Kier alpha value is -2.91. The Labute approximate surface area is 115 Å². The Morgan fingerprint density at radius 3 is 2.90 bits per heavy atom. The summed E-state index contributed by atoms with van der Waals surface area (Å²) in [5.41, 5.74) is 5.88. The number of aromatic amines is 1. The van der Waals surface area contributed by atoms with Crippen LogP contribution in [0.5, 0.6) is 0 Å². The van der Waals surface area contributed by atoms with E-state index in [2.05, 4.69) is 27.1 Å². The summed E-state index contributed by atoms with van der Waals surface area (Å²) in [5.74, 6) is 5.48. The van der Waals surface area contributed by atoms with Crippen LogP contribution in [0.1, 0.15) is 16.1 Å². The zero-order valence-electron chi connectivity index (χ0n) is 10.5. The Balaban J connectivity index is 2.15. The van der Waals surface area contributed by atoms with Gasteiger partial charge in [-0.3, -0.25) is 9.59 Å². The van der Waals surface area contributed by atoms with E-state index in [1.54, 1.807) is 18.2 Å². The zero-order valence-corrected chi connectivity index (χ0v) is 10.5. The van der Waals surface area contributed by atoms with Gasteiger partial charge < -0.3 is 16.0 Å². The lowest BCUT2D eigenvalue weighted by molar-refractivity contribution is 0.102. The Bertz CT molecular complexity index is 720. The lowest BCUT2D eigenvalue weighted by Crippen LogP contribution is -2.15. The molecule has 4 N–H and O–H groups in total. The number of anilines is 1. The quantitative estimate of drug-likeness (QED) is 0.683. The first-order valence-electron chi connectivity index (χ1n) is 5.85. The van der Waals surface area contributed by atoms with Gasteiger partial charge in [-0.25, -0.2) is 4.98 Å². The maximum atomic E-state index is 11.9. The molecule has 2 aromatic heterocycles. The molecule has 1 amide bonds. The molecule has 0 fully saturated rings. The number of pyridine rings is 2. The van der Waals surface area contributed by atoms with E-state index in [1.165, 1.54) is 18.3 Å². The first-order valence-corrected chi connectivity index (χ1v) is 5.85. The number of rotatable bonds is 2. The standard InChI is InChI=1S/C14H12N4O2/c15-8-2-4-11-3-1-5-12(17-11)18-14(20)10-6-7-13(19)16-9-10/h1,3,5-7,9H,8,15H2,(H,16,19)(H,17,18,20). The summed E-state index contributed by atoms with van der Waals surface area (Å²) >= 11 is 0.